The van der Waals surface area contributed by atoms with E-state index >= 15 is 0 Å². The van der Waals surface area contributed by atoms with Gasteiger partial charge in [-0.2, -0.15) is 0 Å². The molecule has 2 fully saturated rings. The van der Waals surface area contributed by atoms with Crippen LogP contribution in [-0.4, -0.2) is 49.2 Å². The first kappa shape index (κ1) is 22.5. The summed E-state index contributed by atoms with van der Waals surface area (Å²) in [6.45, 7) is 19.8. The molecule has 27 heavy (non-hydrogen) atoms. The summed E-state index contributed by atoms with van der Waals surface area (Å²) in [6.07, 6.45) is 0.551. The Morgan fingerprint density at radius 2 is 1.11 bits per heavy atom. The summed E-state index contributed by atoms with van der Waals surface area (Å²) in [4.78, 5) is 12.9. The molecule has 2 aliphatic rings. The fourth-order valence-electron chi connectivity index (χ4n) is 3.02. The van der Waals surface area contributed by atoms with Gasteiger partial charge in [-0.25, -0.2) is 4.79 Å². The Bertz CT molecular complexity index is 592. The van der Waals surface area contributed by atoms with Crippen LogP contribution in [0.1, 0.15) is 75.7 Å². The third-order valence-corrected chi connectivity index (χ3v) is 6.25. The van der Waals surface area contributed by atoms with Crippen molar-refractivity contribution in [1.82, 2.24) is 0 Å². The van der Waals surface area contributed by atoms with Gasteiger partial charge in [0.2, 0.25) is 0 Å². The van der Waals surface area contributed by atoms with Crippen molar-refractivity contribution in [2.24, 2.45) is 0 Å². The zero-order valence-electron chi connectivity index (χ0n) is 18.5. The molecule has 0 radical (unpaired) electrons. The highest BCUT2D eigenvalue weighted by Gasteiger charge is 2.57. The molecule has 0 aromatic carbocycles. The van der Waals surface area contributed by atoms with E-state index in [9.17, 15) is 4.79 Å². The van der Waals surface area contributed by atoms with Gasteiger partial charge >= 0.3 is 20.2 Å². The third-order valence-electron chi connectivity index (χ3n) is 6.25. The molecule has 0 aromatic heterocycles. The Morgan fingerprint density at radius 3 is 1.44 bits per heavy atom. The van der Waals surface area contributed by atoms with Crippen LogP contribution in [0.5, 0.6) is 0 Å². The molecule has 0 unspecified atom stereocenters. The van der Waals surface area contributed by atoms with Gasteiger partial charge in [-0.3, -0.25) is 0 Å². The van der Waals surface area contributed by atoms with Crippen LogP contribution in [0.25, 0.3) is 0 Å². The molecule has 0 spiro atoms. The quantitative estimate of drug-likeness (QED) is 0.413. The van der Waals surface area contributed by atoms with Crippen LogP contribution in [0.15, 0.2) is 10.9 Å². The highest BCUT2D eigenvalue weighted by molar-refractivity contribution is 6.67. The predicted molar refractivity (Wildman–Crippen MR) is 106 cm³/mol. The Balaban J connectivity index is 2.50. The number of esters is 1. The lowest BCUT2D eigenvalue weighted by Gasteiger charge is -2.32. The summed E-state index contributed by atoms with van der Waals surface area (Å²) < 4.78 is 30.0. The zero-order valence-corrected chi connectivity index (χ0v) is 18.5. The molecular formula is C19H34B2O6. The normalized spacial score (nSPS) is 26.1. The maximum absolute atomic E-state index is 12.9. The molecule has 0 saturated carbocycles. The van der Waals surface area contributed by atoms with E-state index in [0.717, 1.165) is 0 Å². The Labute approximate surface area is 164 Å². The fourth-order valence-corrected chi connectivity index (χ4v) is 3.02. The van der Waals surface area contributed by atoms with E-state index in [1.54, 1.807) is 6.92 Å². The molecule has 0 aromatic rings. The number of rotatable bonds is 5. The van der Waals surface area contributed by atoms with E-state index in [2.05, 4.69) is 0 Å². The van der Waals surface area contributed by atoms with Crippen LogP contribution in [0.4, 0.5) is 0 Å². The van der Waals surface area contributed by atoms with Gasteiger partial charge in [0.25, 0.3) is 0 Å². The van der Waals surface area contributed by atoms with Crippen molar-refractivity contribution in [2.75, 3.05) is 6.61 Å². The first-order chi connectivity index (χ1) is 12.2. The van der Waals surface area contributed by atoms with Crippen LogP contribution in [0, 0.1) is 0 Å². The van der Waals surface area contributed by atoms with E-state index in [1.807, 2.05) is 62.3 Å². The lowest BCUT2D eigenvalue weighted by atomic mass is 9.63. The molecule has 0 N–H and O–H groups in total. The summed E-state index contributed by atoms with van der Waals surface area (Å²) in [5.74, 6) is -0.456. The molecule has 6 nitrogen and oxygen atoms in total. The minimum absolute atomic E-state index is 0.266. The van der Waals surface area contributed by atoms with Crippen molar-refractivity contribution in [3.63, 3.8) is 0 Å². The first-order valence-corrected chi connectivity index (χ1v) is 9.80. The second-order valence-electron chi connectivity index (χ2n) is 9.19. The lowest BCUT2D eigenvalue weighted by molar-refractivity contribution is -0.138. The molecule has 0 atom stereocenters. The van der Waals surface area contributed by atoms with Crippen molar-refractivity contribution >= 4 is 20.2 Å². The number of carbonyl (C=O) groups is 1. The van der Waals surface area contributed by atoms with Gasteiger partial charge < -0.3 is 23.4 Å². The van der Waals surface area contributed by atoms with Crippen LogP contribution >= 0.6 is 0 Å². The third kappa shape index (κ3) is 4.00. The second kappa shape index (κ2) is 7.21. The smallest absolute Gasteiger partial charge is 0.463 e. The van der Waals surface area contributed by atoms with Crippen molar-refractivity contribution < 1.29 is 28.1 Å². The average Bonchev–Trinajstić information content (AvgIpc) is 2.83. The molecule has 2 aliphatic heterocycles. The van der Waals surface area contributed by atoms with E-state index in [0.29, 0.717) is 17.4 Å². The molecule has 2 rings (SSSR count). The number of hydrogen-bond acceptors (Lipinski definition) is 6. The van der Waals surface area contributed by atoms with Crippen LogP contribution in [0.3, 0.4) is 0 Å². The number of allylic oxidation sites excluding steroid dienone is 1. The second-order valence-corrected chi connectivity index (χ2v) is 9.19. The summed E-state index contributed by atoms with van der Waals surface area (Å²) in [7, 11) is -1.48. The first-order valence-electron chi connectivity index (χ1n) is 9.80. The van der Waals surface area contributed by atoms with Crippen LogP contribution in [0.2, 0.25) is 0 Å². The van der Waals surface area contributed by atoms with Crippen molar-refractivity contribution in [2.45, 2.75) is 98.1 Å². The highest BCUT2D eigenvalue weighted by Crippen LogP contribution is 2.43. The minimum Gasteiger partial charge on any atom is -0.463 e. The van der Waals surface area contributed by atoms with E-state index in [-0.39, 0.29) is 6.61 Å². The maximum atomic E-state index is 12.9. The monoisotopic (exact) mass is 380 g/mol. The topological polar surface area (TPSA) is 63.2 Å². The molecule has 0 bridgehead atoms. The maximum Gasteiger partial charge on any atom is 0.501 e. The molecule has 0 aliphatic carbocycles. The number of hydrogen-bond donors (Lipinski definition) is 0. The molecule has 2 heterocycles. The molecule has 152 valence electrons. The number of carbonyl (C=O) groups excluding carboxylic acids is 1. The van der Waals surface area contributed by atoms with Crippen molar-refractivity contribution in [3.05, 3.63) is 10.9 Å². The van der Waals surface area contributed by atoms with E-state index in [1.165, 1.54) is 0 Å². The van der Waals surface area contributed by atoms with Crippen molar-refractivity contribution in [3.8, 4) is 0 Å². The Hall–Kier alpha value is -0.820. The standard InChI is InChI=1S/C19H34B2O6/c1-11-13(20-24-16(3,4)17(5,6)25-20)14(15(22)23-12-2)21-26-18(7,8)19(9,10)27-21/h11-12H2,1-10H3/b14-13+. The summed E-state index contributed by atoms with van der Waals surface area (Å²) in [6, 6.07) is 0. The average molecular weight is 380 g/mol. The fraction of sp³-hybridized carbons (Fsp3) is 0.842. The van der Waals surface area contributed by atoms with Gasteiger partial charge in [-0.1, -0.05) is 6.92 Å². The summed E-state index contributed by atoms with van der Waals surface area (Å²) in [5.41, 5.74) is -1.10. The minimum atomic E-state index is -0.831. The van der Waals surface area contributed by atoms with Gasteiger partial charge in [0, 0.05) is 0 Å². The molecule has 0 amide bonds. The lowest BCUT2D eigenvalue weighted by Crippen LogP contribution is -2.41. The van der Waals surface area contributed by atoms with Gasteiger partial charge in [-0.15, -0.1) is 0 Å². The largest absolute Gasteiger partial charge is 0.501 e. The number of ether oxygens (including phenoxy) is 1. The zero-order chi connectivity index (χ0) is 20.8. The Morgan fingerprint density at radius 1 is 0.741 bits per heavy atom. The summed E-state index contributed by atoms with van der Waals surface area (Å²) >= 11 is 0. The van der Waals surface area contributed by atoms with Crippen LogP contribution in [-0.2, 0) is 28.1 Å². The van der Waals surface area contributed by atoms with Gasteiger partial charge in [0.05, 0.1) is 34.5 Å². The highest BCUT2D eigenvalue weighted by atomic mass is 16.7. The van der Waals surface area contributed by atoms with Gasteiger partial charge in [-0.05, 0) is 74.2 Å². The van der Waals surface area contributed by atoms with E-state index in [4.69, 9.17) is 23.4 Å². The Kier molecular flexibility index (Phi) is 6.00. The van der Waals surface area contributed by atoms with Crippen LogP contribution < -0.4 is 0 Å². The summed E-state index contributed by atoms with van der Waals surface area (Å²) in [5, 5.41) is 0. The molecule has 2 saturated heterocycles. The van der Waals surface area contributed by atoms with Gasteiger partial charge in [0.1, 0.15) is 0 Å². The van der Waals surface area contributed by atoms with Gasteiger partial charge in [0.15, 0.2) is 0 Å². The van der Waals surface area contributed by atoms with Crippen molar-refractivity contribution in [1.29, 1.82) is 0 Å². The predicted octanol–water partition coefficient (Wildman–Crippen LogP) is 3.52. The molecular weight excluding hydrogens is 346 g/mol. The van der Waals surface area contributed by atoms with E-state index < -0.39 is 42.6 Å². The SMILES string of the molecule is CCOC(=O)/C(B1OC(C)(C)C(C)(C)O1)=C(/CC)B1OC(C)(C)C(C)(C)O1. The molecule has 8 heteroatoms.